The molecule has 24 heavy (non-hydrogen) atoms. The molecule has 2 aromatic carbocycles. The topological polar surface area (TPSA) is 57.8 Å². The Balaban J connectivity index is 1.31. The minimum absolute atomic E-state index is 0.0422. The first-order valence-corrected chi connectivity index (χ1v) is 8.56. The summed E-state index contributed by atoms with van der Waals surface area (Å²) in [7, 11) is 0. The molecule has 1 aliphatic rings. The van der Waals surface area contributed by atoms with Crippen LogP contribution in [0.1, 0.15) is 23.7 Å². The average Bonchev–Trinajstić information content (AvgIpc) is 3.27. The third-order valence-corrected chi connectivity index (χ3v) is 4.88. The van der Waals surface area contributed by atoms with E-state index >= 15 is 0 Å². The summed E-state index contributed by atoms with van der Waals surface area (Å²) >= 11 is 6.21. The minimum Gasteiger partial charge on any atom is -0.355 e. The molecule has 2 N–H and O–H groups in total. The molecule has 5 heteroatoms. The number of aromatic nitrogens is 2. The first-order valence-electron chi connectivity index (χ1n) is 8.18. The van der Waals surface area contributed by atoms with E-state index in [1.165, 1.54) is 0 Å². The summed E-state index contributed by atoms with van der Waals surface area (Å²) in [6, 6.07) is 15.7. The number of halogens is 1. The maximum absolute atomic E-state index is 12.3. The van der Waals surface area contributed by atoms with E-state index in [0.29, 0.717) is 13.0 Å². The van der Waals surface area contributed by atoms with Gasteiger partial charge in [0.15, 0.2) is 0 Å². The molecule has 0 aliphatic heterocycles. The zero-order valence-corrected chi connectivity index (χ0v) is 13.9. The average molecular weight is 340 g/mol. The molecule has 1 amide bonds. The van der Waals surface area contributed by atoms with Crippen molar-refractivity contribution < 1.29 is 4.79 Å². The number of nitrogens with one attached hydrogen (secondary N) is 2. The quantitative estimate of drug-likeness (QED) is 0.745. The molecular weight excluding hydrogens is 322 g/mol. The lowest BCUT2D eigenvalue weighted by Gasteiger charge is -2.05. The summed E-state index contributed by atoms with van der Waals surface area (Å²) in [5.41, 5.74) is 3.07. The molecule has 1 heterocycles. The predicted molar refractivity (Wildman–Crippen MR) is 95.1 cm³/mol. The van der Waals surface area contributed by atoms with Crippen LogP contribution >= 0.6 is 11.6 Å². The molecule has 1 aliphatic carbocycles. The monoisotopic (exact) mass is 339 g/mol. The Labute approximate surface area is 145 Å². The third-order valence-electron chi connectivity index (χ3n) is 4.53. The molecule has 1 fully saturated rings. The molecule has 2 atom stereocenters. The zero-order chi connectivity index (χ0) is 16.5. The number of para-hydroxylation sites is 2. The van der Waals surface area contributed by atoms with Crippen LogP contribution in [0, 0.1) is 5.92 Å². The van der Waals surface area contributed by atoms with Crippen LogP contribution in [0.4, 0.5) is 0 Å². The van der Waals surface area contributed by atoms with Gasteiger partial charge in [-0.25, -0.2) is 4.98 Å². The van der Waals surface area contributed by atoms with Gasteiger partial charge in [0, 0.05) is 23.9 Å². The molecule has 1 saturated carbocycles. The highest BCUT2D eigenvalue weighted by Crippen LogP contribution is 2.49. The summed E-state index contributed by atoms with van der Waals surface area (Å²) in [5, 5.41) is 3.76. The first-order chi connectivity index (χ1) is 11.7. The number of nitrogens with zero attached hydrogens (tertiary/aromatic N) is 1. The number of aromatic amines is 1. The third kappa shape index (κ3) is 3.02. The molecule has 4 rings (SSSR count). The largest absolute Gasteiger partial charge is 0.355 e. The Bertz CT molecular complexity index is 856. The van der Waals surface area contributed by atoms with Crippen molar-refractivity contribution >= 4 is 28.5 Å². The second kappa shape index (κ2) is 6.29. The lowest BCUT2D eigenvalue weighted by molar-refractivity contribution is -0.122. The number of benzene rings is 2. The second-order valence-electron chi connectivity index (χ2n) is 6.21. The fraction of sp³-hybridized carbons (Fsp3) is 0.263. The van der Waals surface area contributed by atoms with Crippen molar-refractivity contribution in [3.8, 4) is 0 Å². The standard InChI is InChI=1S/C19H18ClN3O/c20-15-6-2-1-5-12(15)13-11-14(13)19(24)21-10-9-18-22-16-7-3-4-8-17(16)23-18/h1-8,13-14H,9-11H2,(H,21,24)(H,22,23). The fourth-order valence-corrected chi connectivity index (χ4v) is 3.44. The highest BCUT2D eigenvalue weighted by molar-refractivity contribution is 6.31. The Morgan fingerprint density at radius 3 is 2.83 bits per heavy atom. The molecule has 0 spiro atoms. The summed E-state index contributed by atoms with van der Waals surface area (Å²) in [6.45, 7) is 0.588. The molecule has 0 saturated heterocycles. The first kappa shape index (κ1) is 15.2. The predicted octanol–water partition coefficient (Wildman–Crippen LogP) is 3.68. The summed E-state index contributed by atoms with van der Waals surface area (Å²) in [5.74, 6) is 1.30. The lowest BCUT2D eigenvalue weighted by atomic mass is 10.1. The van der Waals surface area contributed by atoms with Gasteiger partial charge in [-0.1, -0.05) is 41.9 Å². The number of hydrogen-bond acceptors (Lipinski definition) is 2. The van der Waals surface area contributed by atoms with Gasteiger partial charge >= 0.3 is 0 Å². The van der Waals surface area contributed by atoms with Crippen LogP contribution in [-0.4, -0.2) is 22.4 Å². The Hall–Kier alpha value is -2.33. The van der Waals surface area contributed by atoms with Crippen molar-refractivity contribution in [2.45, 2.75) is 18.8 Å². The molecular formula is C19H18ClN3O. The maximum atomic E-state index is 12.3. The van der Waals surface area contributed by atoms with Crippen molar-refractivity contribution in [3.05, 3.63) is 64.9 Å². The Kier molecular flexibility index (Phi) is 3.98. The molecule has 4 nitrogen and oxygen atoms in total. The van der Waals surface area contributed by atoms with Gasteiger partial charge in [-0.15, -0.1) is 0 Å². The number of hydrogen-bond donors (Lipinski definition) is 2. The Morgan fingerprint density at radius 1 is 1.21 bits per heavy atom. The van der Waals surface area contributed by atoms with Crippen molar-refractivity contribution in [2.75, 3.05) is 6.54 Å². The van der Waals surface area contributed by atoms with Gasteiger partial charge in [-0.3, -0.25) is 4.79 Å². The minimum atomic E-state index is 0.0422. The van der Waals surface area contributed by atoms with Gasteiger partial charge in [0.25, 0.3) is 0 Å². The molecule has 122 valence electrons. The van der Waals surface area contributed by atoms with Gasteiger partial charge in [0.05, 0.1) is 11.0 Å². The van der Waals surface area contributed by atoms with Crippen LogP contribution in [-0.2, 0) is 11.2 Å². The molecule has 0 bridgehead atoms. The molecule has 3 aromatic rings. The van der Waals surface area contributed by atoms with E-state index in [0.717, 1.165) is 33.9 Å². The van der Waals surface area contributed by atoms with Crippen molar-refractivity contribution in [1.29, 1.82) is 0 Å². The number of imidazole rings is 1. The van der Waals surface area contributed by atoms with Gasteiger partial charge in [-0.2, -0.15) is 0 Å². The van der Waals surface area contributed by atoms with Crippen molar-refractivity contribution in [2.24, 2.45) is 5.92 Å². The van der Waals surface area contributed by atoms with Crippen LogP contribution < -0.4 is 5.32 Å². The molecule has 1 aromatic heterocycles. The highest BCUT2D eigenvalue weighted by Gasteiger charge is 2.44. The van der Waals surface area contributed by atoms with E-state index in [9.17, 15) is 4.79 Å². The van der Waals surface area contributed by atoms with Gasteiger partial charge in [0.2, 0.25) is 5.91 Å². The maximum Gasteiger partial charge on any atom is 0.223 e. The number of fused-ring (bicyclic) bond motifs is 1. The number of rotatable bonds is 5. The van der Waals surface area contributed by atoms with Crippen LogP contribution in [0.3, 0.4) is 0 Å². The van der Waals surface area contributed by atoms with Crippen LogP contribution in [0.25, 0.3) is 11.0 Å². The number of carbonyl (C=O) groups is 1. The number of H-pyrrole nitrogens is 1. The van der Waals surface area contributed by atoms with Crippen LogP contribution in [0.2, 0.25) is 5.02 Å². The lowest BCUT2D eigenvalue weighted by Crippen LogP contribution is -2.27. The second-order valence-corrected chi connectivity index (χ2v) is 6.62. The van der Waals surface area contributed by atoms with Gasteiger partial charge < -0.3 is 10.3 Å². The van der Waals surface area contributed by atoms with Crippen molar-refractivity contribution in [3.63, 3.8) is 0 Å². The summed E-state index contributed by atoms with van der Waals surface area (Å²) in [6.07, 6.45) is 1.57. The highest BCUT2D eigenvalue weighted by atomic mass is 35.5. The molecule has 0 radical (unpaired) electrons. The van der Waals surface area contributed by atoms with Crippen LogP contribution in [0.15, 0.2) is 48.5 Å². The normalized spacial score (nSPS) is 19.4. The van der Waals surface area contributed by atoms with Gasteiger partial charge in [-0.05, 0) is 36.1 Å². The Morgan fingerprint density at radius 2 is 2.00 bits per heavy atom. The van der Waals surface area contributed by atoms with E-state index in [1.807, 2.05) is 48.5 Å². The van der Waals surface area contributed by atoms with E-state index in [1.54, 1.807) is 0 Å². The SMILES string of the molecule is O=C(NCCc1nc2ccccc2[nH]1)C1CC1c1ccccc1Cl. The number of amides is 1. The van der Waals surface area contributed by atoms with Crippen LogP contribution in [0.5, 0.6) is 0 Å². The van der Waals surface area contributed by atoms with E-state index in [-0.39, 0.29) is 17.7 Å². The van der Waals surface area contributed by atoms with E-state index < -0.39 is 0 Å². The number of carbonyl (C=O) groups excluding carboxylic acids is 1. The van der Waals surface area contributed by atoms with Gasteiger partial charge in [0.1, 0.15) is 5.82 Å². The zero-order valence-electron chi connectivity index (χ0n) is 13.1. The van der Waals surface area contributed by atoms with E-state index in [4.69, 9.17) is 11.6 Å². The molecule has 2 unspecified atom stereocenters. The van der Waals surface area contributed by atoms with E-state index in [2.05, 4.69) is 15.3 Å². The smallest absolute Gasteiger partial charge is 0.223 e. The fourth-order valence-electron chi connectivity index (χ4n) is 3.16. The summed E-state index contributed by atoms with van der Waals surface area (Å²) < 4.78 is 0. The van der Waals surface area contributed by atoms with Crippen molar-refractivity contribution in [1.82, 2.24) is 15.3 Å². The summed E-state index contributed by atoms with van der Waals surface area (Å²) in [4.78, 5) is 20.1.